The van der Waals surface area contributed by atoms with E-state index in [1.807, 2.05) is 11.0 Å². The molecule has 6 heteroatoms. The Morgan fingerprint density at radius 3 is 2.83 bits per heavy atom. The summed E-state index contributed by atoms with van der Waals surface area (Å²) in [5.74, 6) is 1.28. The van der Waals surface area contributed by atoms with E-state index in [4.69, 9.17) is 4.42 Å². The molecular formula is C12H14N4O2. The Balaban J connectivity index is 1.82. The SMILES string of the molecule is O=c1[nH]c(N2CCCC2)nnc1Cc1ccco1. The van der Waals surface area contributed by atoms with E-state index in [1.165, 1.54) is 0 Å². The highest BCUT2D eigenvalue weighted by molar-refractivity contribution is 5.29. The zero-order chi connectivity index (χ0) is 12.4. The van der Waals surface area contributed by atoms with Crippen molar-refractivity contribution in [1.82, 2.24) is 15.2 Å². The summed E-state index contributed by atoms with van der Waals surface area (Å²) in [6.45, 7) is 1.87. The van der Waals surface area contributed by atoms with Crippen molar-refractivity contribution in [3.05, 3.63) is 40.2 Å². The average molecular weight is 246 g/mol. The smallest absolute Gasteiger partial charge is 0.274 e. The molecule has 1 N–H and O–H groups in total. The first kappa shape index (κ1) is 11.0. The number of H-pyrrole nitrogens is 1. The van der Waals surface area contributed by atoms with Gasteiger partial charge in [0.15, 0.2) is 0 Å². The van der Waals surface area contributed by atoms with Crippen molar-refractivity contribution in [3.8, 4) is 0 Å². The van der Waals surface area contributed by atoms with Gasteiger partial charge in [-0.25, -0.2) is 0 Å². The summed E-state index contributed by atoms with van der Waals surface area (Å²) in [5.41, 5.74) is 0.191. The van der Waals surface area contributed by atoms with Gasteiger partial charge in [-0.15, -0.1) is 10.2 Å². The molecule has 0 radical (unpaired) electrons. The molecular weight excluding hydrogens is 232 g/mol. The van der Waals surface area contributed by atoms with Crippen molar-refractivity contribution in [3.63, 3.8) is 0 Å². The monoisotopic (exact) mass is 246 g/mol. The molecule has 1 fully saturated rings. The quantitative estimate of drug-likeness (QED) is 0.872. The molecule has 94 valence electrons. The van der Waals surface area contributed by atoms with Crippen LogP contribution in [0.15, 0.2) is 27.6 Å². The largest absolute Gasteiger partial charge is 0.469 e. The molecule has 0 aliphatic carbocycles. The van der Waals surface area contributed by atoms with Crippen molar-refractivity contribution >= 4 is 5.95 Å². The summed E-state index contributed by atoms with van der Waals surface area (Å²) in [6, 6.07) is 3.60. The van der Waals surface area contributed by atoms with Crippen molar-refractivity contribution in [2.24, 2.45) is 0 Å². The Kier molecular flexibility index (Phi) is 2.84. The molecule has 2 aromatic rings. The highest BCUT2D eigenvalue weighted by Crippen LogP contribution is 2.13. The number of hydrogen-bond acceptors (Lipinski definition) is 5. The molecule has 6 nitrogen and oxygen atoms in total. The Labute approximate surface area is 104 Å². The minimum atomic E-state index is -0.191. The molecule has 3 heterocycles. The lowest BCUT2D eigenvalue weighted by Crippen LogP contribution is -2.26. The minimum Gasteiger partial charge on any atom is -0.469 e. The lowest BCUT2D eigenvalue weighted by atomic mass is 10.2. The van der Waals surface area contributed by atoms with Crippen molar-refractivity contribution in [2.75, 3.05) is 18.0 Å². The standard InChI is InChI=1S/C12H14N4O2/c17-11-10(8-9-4-3-7-18-9)14-15-12(13-11)16-5-1-2-6-16/h3-4,7H,1-2,5-6,8H2,(H,13,15,17). The van der Waals surface area contributed by atoms with Crippen molar-refractivity contribution in [2.45, 2.75) is 19.3 Å². The molecule has 1 aliphatic rings. The van der Waals surface area contributed by atoms with Crippen LogP contribution in [0.25, 0.3) is 0 Å². The van der Waals surface area contributed by atoms with Crippen LogP contribution < -0.4 is 10.5 Å². The Morgan fingerprint density at radius 1 is 1.33 bits per heavy atom. The molecule has 3 rings (SSSR count). The van der Waals surface area contributed by atoms with Crippen LogP contribution in [-0.2, 0) is 6.42 Å². The predicted molar refractivity (Wildman–Crippen MR) is 65.6 cm³/mol. The van der Waals surface area contributed by atoms with Gasteiger partial charge in [0.05, 0.1) is 12.7 Å². The first-order chi connectivity index (χ1) is 8.83. The molecule has 0 aromatic carbocycles. The summed E-state index contributed by atoms with van der Waals surface area (Å²) < 4.78 is 5.19. The first-order valence-corrected chi connectivity index (χ1v) is 6.06. The van der Waals surface area contributed by atoms with Gasteiger partial charge in [0.2, 0.25) is 5.95 Å². The number of aromatic amines is 1. The summed E-state index contributed by atoms with van der Waals surface area (Å²) in [5, 5.41) is 8.08. The minimum absolute atomic E-state index is 0.191. The molecule has 2 aromatic heterocycles. The molecule has 0 spiro atoms. The zero-order valence-corrected chi connectivity index (χ0v) is 9.93. The van der Waals surface area contributed by atoms with Gasteiger partial charge in [-0.05, 0) is 25.0 Å². The second-order valence-electron chi connectivity index (χ2n) is 4.37. The first-order valence-electron chi connectivity index (χ1n) is 6.06. The number of rotatable bonds is 3. The highest BCUT2D eigenvalue weighted by atomic mass is 16.3. The number of anilines is 1. The highest BCUT2D eigenvalue weighted by Gasteiger charge is 2.16. The maximum atomic E-state index is 11.9. The second kappa shape index (κ2) is 4.64. The molecule has 18 heavy (non-hydrogen) atoms. The normalized spacial score (nSPS) is 15.2. The lowest BCUT2D eigenvalue weighted by Gasteiger charge is -2.14. The third kappa shape index (κ3) is 2.13. The van der Waals surface area contributed by atoms with Gasteiger partial charge < -0.3 is 9.32 Å². The Morgan fingerprint density at radius 2 is 2.17 bits per heavy atom. The Bertz CT molecular complexity index is 570. The van der Waals surface area contributed by atoms with Gasteiger partial charge in [0.1, 0.15) is 11.5 Å². The maximum Gasteiger partial charge on any atom is 0.274 e. The third-order valence-corrected chi connectivity index (χ3v) is 3.08. The van der Waals surface area contributed by atoms with Crippen LogP contribution in [0.2, 0.25) is 0 Å². The van der Waals surface area contributed by atoms with E-state index >= 15 is 0 Å². The number of nitrogens with zero attached hydrogens (tertiary/aromatic N) is 3. The fraction of sp³-hybridized carbons (Fsp3) is 0.417. The molecule has 0 atom stereocenters. The van der Waals surface area contributed by atoms with E-state index in [-0.39, 0.29) is 5.56 Å². The van der Waals surface area contributed by atoms with Crippen LogP contribution in [0, 0.1) is 0 Å². The molecule has 1 saturated heterocycles. The van der Waals surface area contributed by atoms with Crippen LogP contribution in [0.1, 0.15) is 24.3 Å². The van der Waals surface area contributed by atoms with E-state index in [9.17, 15) is 4.79 Å². The van der Waals surface area contributed by atoms with Crippen LogP contribution >= 0.6 is 0 Å². The van der Waals surface area contributed by atoms with E-state index in [1.54, 1.807) is 12.3 Å². The zero-order valence-electron chi connectivity index (χ0n) is 9.93. The number of hydrogen-bond donors (Lipinski definition) is 1. The third-order valence-electron chi connectivity index (χ3n) is 3.08. The number of furan rings is 1. The second-order valence-corrected chi connectivity index (χ2v) is 4.37. The van der Waals surface area contributed by atoms with Gasteiger partial charge in [-0.1, -0.05) is 0 Å². The van der Waals surface area contributed by atoms with Gasteiger partial charge in [-0.3, -0.25) is 9.78 Å². The van der Waals surface area contributed by atoms with Crippen molar-refractivity contribution in [1.29, 1.82) is 0 Å². The maximum absolute atomic E-state index is 11.9. The molecule has 0 bridgehead atoms. The van der Waals surface area contributed by atoms with Crippen LogP contribution in [0.4, 0.5) is 5.95 Å². The van der Waals surface area contributed by atoms with Crippen LogP contribution in [0.5, 0.6) is 0 Å². The van der Waals surface area contributed by atoms with Crippen LogP contribution in [-0.4, -0.2) is 28.3 Å². The summed E-state index contributed by atoms with van der Waals surface area (Å²) in [6.07, 6.45) is 4.22. The predicted octanol–water partition coefficient (Wildman–Crippen LogP) is 0.949. The topological polar surface area (TPSA) is 75.0 Å². The van der Waals surface area contributed by atoms with Crippen molar-refractivity contribution < 1.29 is 4.42 Å². The Hall–Kier alpha value is -2.11. The van der Waals surface area contributed by atoms with E-state index < -0.39 is 0 Å². The van der Waals surface area contributed by atoms with Crippen LogP contribution in [0.3, 0.4) is 0 Å². The van der Waals surface area contributed by atoms with Gasteiger partial charge in [0, 0.05) is 13.1 Å². The van der Waals surface area contributed by atoms with Gasteiger partial charge >= 0.3 is 0 Å². The molecule has 0 unspecified atom stereocenters. The van der Waals surface area contributed by atoms with Gasteiger partial charge in [-0.2, -0.15) is 0 Å². The fourth-order valence-electron chi connectivity index (χ4n) is 2.12. The average Bonchev–Trinajstić information content (AvgIpc) is 3.04. The number of nitrogens with one attached hydrogen (secondary N) is 1. The summed E-state index contributed by atoms with van der Waals surface area (Å²) >= 11 is 0. The summed E-state index contributed by atoms with van der Waals surface area (Å²) in [4.78, 5) is 16.7. The lowest BCUT2D eigenvalue weighted by molar-refractivity contribution is 0.517. The van der Waals surface area contributed by atoms with E-state index in [0.29, 0.717) is 23.8 Å². The summed E-state index contributed by atoms with van der Waals surface area (Å²) in [7, 11) is 0. The van der Waals surface area contributed by atoms with E-state index in [2.05, 4.69) is 15.2 Å². The van der Waals surface area contributed by atoms with E-state index in [0.717, 1.165) is 25.9 Å². The van der Waals surface area contributed by atoms with Gasteiger partial charge in [0.25, 0.3) is 5.56 Å². The number of aromatic nitrogens is 3. The molecule has 0 amide bonds. The molecule has 1 aliphatic heterocycles. The molecule has 0 saturated carbocycles. The fourth-order valence-corrected chi connectivity index (χ4v) is 2.12.